The van der Waals surface area contributed by atoms with Crippen LogP contribution in [0.3, 0.4) is 0 Å². The SMILES string of the molecule is Brc1c(OCCNC2CC2)ccc2ccccc12. The van der Waals surface area contributed by atoms with Crippen LogP contribution in [0.15, 0.2) is 40.9 Å². The molecule has 2 nitrogen and oxygen atoms in total. The summed E-state index contributed by atoms with van der Waals surface area (Å²) < 4.78 is 6.86. The minimum atomic E-state index is 0.716. The van der Waals surface area contributed by atoms with Crippen LogP contribution in [0.2, 0.25) is 0 Å². The van der Waals surface area contributed by atoms with Crippen LogP contribution in [-0.4, -0.2) is 19.2 Å². The van der Waals surface area contributed by atoms with Gasteiger partial charge in [0.15, 0.2) is 0 Å². The first-order valence-electron chi connectivity index (χ1n) is 6.38. The molecule has 2 aromatic rings. The van der Waals surface area contributed by atoms with Crippen LogP contribution in [-0.2, 0) is 0 Å². The molecule has 0 radical (unpaired) electrons. The highest BCUT2D eigenvalue weighted by molar-refractivity contribution is 9.10. The van der Waals surface area contributed by atoms with Crippen LogP contribution in [0.4, 0.5) is 0 Å². The molecule has 1 saturated carbocycles. The predicted molar refractivity (Wildman–Crippen MR) is 78.2 cm³/mol. The van der Waals surface area contributed by atoms with Gasteiger partial charge in [0.25, 0.3) is 0 Å². The fourth-order valence-electron chi connectivity index (χ4n) is 2.04. The number of ether oxygens (including phenoxy) is 1. The van der Waals surface area contributed by atoms with Crippen molar-refractivity contribution in [3.05, 3.63) is 40.9 Å². The molecule has 0 unspecified atom stereocenters. The molecule has 1 aliphatic rings. The molecule has 1 aliphatic carbocycles. The van der Waals surface area contributed by atoms with E-state index in [2.05, 4.69) is 45.5 Å². The quantitative estimate of drug-likeness (QED) is 0.850. The Morgan fingerprint density at radius 3 is 2.83 bits per heavy atom. The van der Waals surface area contributed by atoms with Crippen molar-refractivity contribution in [2.24, 2.45) is 0 Å². The summed E-state index contributed by atoms with van der Waals surface area (Å²) in [5.41, 5.74) is 0. The second-order valence-corrected chi connectivity index (χ2v) is 5.47. The Morgan fingerprint density at radius 2 is 2.00 bits per heavy atom. The Morgan fingerprint density at radius 1 is 1.17 bits per heavy atom. The molecular weight excluding hydrogens is 290 g/mol. The summed E-state index contributed by atoms with van der Waals surface area (Å²) in [6.07, 6.45) is 2.64. The van der Waals surface area contributed by atoms with E-state index in [1.807, 2.05) is 12.1 Å². The molecule has 18 heavy (non-hydrogen) atoms. The largest absolute Gasteiger partial charge is 0.491 e. The summed E-state index contributed by atoms with van der Waals surface area (Å²) in [4.78, 5) is 0. The van der Waals surface area contributed by atoms with E-state index >= 15 is 0 Å². The summed E-state index contributed by atoms with van der Waals surface area (Å²) in [5.74, 6) is 0.922. The highest BCUT2D eigenvalue weighted by Gasteiger charge is 2.19. The summed E-state index contributed by atoms with van der Waals surface area (Å²) >= 11 is 3.63. The molecule has 0 spiro atoms. The minimum Gasteiger partial charge on any atom is -0.491 e. The van der Waals surface area contributed by atoms with Crippen LogP contribution < -0.4 is 10.1 Å². The molecule has 0 aromatic heterocycles. The van der Waals surface area contributed by atoms with E-state index in [0.29, 0.717) is 6.61 Å². The normalized spacial score (nSPS) is 14.9. The van der Waals surface area contributed by atoms with Crippen molar-refractivity contribution in [1.29, 1.82) is 0 Å². The minimum absolute atomic E-state index is 0.716. The van der Waals surface area contributed by atoms with Gasteiger partial charge in [0.1, 0.15) is 12.4 Å². The van der Waals surface area contributed by atoms with E-state index in [1.165, 1.54) is 23.6 Å². The van der Waals surface area contributed by atoms with Gasteiger partial charge in [-0.1, -0.05) is 30.3 Å². The number of hydrogen-bond acceptors (Lipinski definition) is 2. The third-order valence-electron chi connectivity index (χ3n) is 3.20. The first kappa shape index (κ1) is 12.0. The van der Waals surface area contributed by atoms with Gasteiger partial charge < -0.3 is 10.1 Å². The standard InChI is InChI=1S/C15H16BrNO/c16-15-13-4-2-1-3-11(13)5-8-14(15)18-10-9-17-12-6-7-12/h1-5,8,12,17H,6-7,9-10H2. The van der Waals surface area contributed by atoms with Crippen molar-refractivity contribution in [1.82, 2.24) is 5.32 Å². The van der Waals surface area contributed by atoms with E-state index in [4.69, 9.17) is 4.74 Å². The van der Waals surface area contributed by atoms with Gasteiger partial charge in [0.05, 0.1) is 4.47 Å². The van der Waals surface area contributed by atoms with Crippen molar-refractivity contribution < 1.29 is 4.74 Å². The molecule has 0 aliphatic heterocycles. The lowest BCUT2D eigenvalue weighted by Crippen LogP contribution is -2.22. The Kier molecular flexibility index (Phi) is 3.52. The van der Waals surface area contributed by atoms with Crippen molar-refractivity contribution in [2.45, 2.75) is 18.9 Å². The monoisotopic (exact) mass is 305 g/mol. The Bertz CT molecular complexity index is 551. The molecule has 0 saturated heterocycles. The van der Waals surface area contributed by atoms with E-state index in [9.17, 15) is 0 Å². The zero-order valence-corrected chi connectivity index (χ0v) is 11.7. The van der Waals surface area contributed by atoms with Crippen molar-refractivity contribution in [3.63, 3.8) is 0 Å². The molecule has 94 valence electrons. The first-order valence-corrected chi connectivity index (χ1v) is 7.17. The summed E-state index contributed by atoms with van der Waals surface area (Å²) in [6, 6.07) is 13.2. The van der Waals surface area contributed by atoms with Crippen molar-refractivity contribution in [3.8, 4) is 5.75 Å². The van der Waals surface area contributed by atoms with Crippen molar-refractivity contribution in [2.75, 3.05) is 13.2 Å². The maximum atomic E-state index is 5.81. The highest BCUT2D eigenvalue weighted by atomic mass is 79.9. The number of nitrogens with one attached hydrogen (secondary N) is 1. The number of benzene rings is 2. The lowest BCUT2D eigenvalue weighted by molar-refractivity contribution is 0.312. The topological polar surface area (TPSA) is 21.3 Å². The van der Waals surface area contributed by atoms with Gasteiger partial charge in [-0.05, 0) is 45.6 Å². The highest BCUT2D eigenvalue weighted by Crippen LogP contribution is 2.32. The smallest absolute Gasteiger partial charge is 0.134 e. The van der Waals surface area contributed by atoms with Crippen molar-refractivity contribution >= 4 is 26.7 Å². The number of fused-ring (bicyclic) bond motifs is 1. The predicted octanol–water partition coefficient (Wildman–Crippen LogP) is 3.73. The average Bonchev–Trinajstić information content (AvgIpc) is 3.21. The fourth-order valence-corrected chi connectivity index (χ4v) is 2.64. The molecule has 0 bridgehead atoms. The molecule has 2 aromatic carbocycles. The van der Waals surface area contributed by atoms with Gasteiger partial charge in [-0.2, -0.15) is 0 Å². The molecule has 1 N–H and O–H groups in total. The van der Waals surface area contributed by atoms with Crippen LogP contribution in [0.25, 0.3) is 10.8 Å². The average molecular weight is 306 g/mol. The van der Waals surface area contributed by atoms with Gasteiger partial charge in [-0.15, -0.1) is 0 Å². The van der Waals surface area contributed by atoms with Gasteiger partial charge in [-0.25, -0.2) is 0 Å². The molecule has 1 fully saturated rings. The van der Waals surface area contributed by atoms with E-state index in [-0.39, 0.29) is 0 Å². The van der Waals surface area contributed by atoms with E-state index < -0.39 is 0 Å². The summed E-state index contributed by atoms with van der Waals surface area (Å²) in [5, 5.41) is 5.87. The second-order valence-electron chi connectivity index (χ2n) is 4.68. The van der Waals surface area contributed by atoms with E-state index in [0.717, 1.165) is 22.8 Å². The lowest BCUT2D eigenvalue weighted by atomic mass is 10.1. The van der Waals surface area contributed by atoms with Gasteiger partial charge in [-0.3, -0.25) is 0 Å². The van der Waals surface area contributed by atoms with Gasteiger partial charge in [0, 0.05) is 12.6 Å². The fraction of sp³-hybridized carbons (Fsp3) is 0.333. The molecular formula is C15H16BrNO. The lowest BCUT2D eigenvalue weighted by Gasteiger charge is -2.10. The number of rotatable bonds is 5. The summed E-state index contributed by atoms with van der Waals surface area (Å²) in [7, 11) is 0. The van der Waals surface area contributed by atoms with E-state index in [1.54, 1.807) is 0 Å². The Labute approximate surface area is 115 Å². The molecule has 0 heterocycles. The molecule has 0 atom stereocenters. The van der Waals surface area contributed by atoms with Crippen LogP contribution in [0.1, 0.15) is 12.8 Å². The Hall–Kier alpha value is -1.06. The van der Waals surface area contributed by atoms with Gasteiger partial charge in [0.2, 0.25) is 0 Å². The van der Waals surface area contributed by atoms with Crippen LogP contribution >= 0.6 is 15.9 Å². The maximum Gasteiger partial charge on any atom is 0.134 e. The van der Waals surface area contributed by atoms with Crippen LogP contribution in [0, 0.1) is 0 Å². The molecule has 3 rings (SSSR count). The first-order chi connectivity index (χ1) is 8.84. The molecule has 0 amide bonds. The third kappa shape index (κ3) is 2.68. The Balaban J connectivity index is 1.68. The van der Waals surface area contributed by atoms with Gasteiger partial charge >= 0.3 is 0 Å². The number of halogens is 1. The number of hydrogen-bond donors (Lipinski definition) is 1. The third-order valence-corrected chi connectivity index (χ3v) is 4.02. The zero-order chi connectivity index (χ0) is 12.4. The molecule has 3 heteroatoms. The second kappa shape index (κ2) is 5.29. The zero-order valence-electron chi connectivity index (χ0n) is 10.2. The van der Waals surface area contributed by atoms with Crippen LogP contribution in [0.5, 0.6) is 5.75 Å². The summed E-state index contributed by atoms with van der Waals surface area (Å²) in [6.45, 7) is 1.64. The maximum absolute atomic E-state index is 5.81.